The molecule has 1 aromatic rings. The maximum absolute atomic E-state index is 5.60. The molecule has 1 aliphatic heterocycles. The highest BCUT2D eigenvalue weighted by molar-refractivity contribution is 5.48. The number of hydrogen-bond donors (Lipinski definition) is 1. The molecule has 3 unspecified atom stereocenters. The molecule has 3 rings (SSSR count). The van der Waals surface area contributed by atoms with Gasteiger partial charge in [-0.15, -0.1) is 0 Å². The minimum atomic E-state index is 0.349. The molecule has 21 heavy (non-hydrogen) atoms. The highest BCUT2D eigenvalue weighted by Crippen LogP contribution is 2.37. The first-order chi connectivity index (χ1) is 10.1. The van der Waals surface area contributed by atoms with Crippen LogP contribution in [0.1, 0.15) is 45.6 Å². The van der Waals surface area contributed by atoms with Crippen molar-refractivity contribution in [2.75, 3.05) is 6.79 Å². The number of nitrogens with one attached hydrogen (secondary N) is 1. The van der Waals surface area contributed by atoms with E-state index in [4.69, 9.17) is 9.47 Å². The quantitative estimate of drug-likeness (QED) is 0.910. The number of benzene rings is 1. The molecule has 0 spiro atoms. The average molecular weight is 289 g/mol. The van der Waals surface area contributed by atoms with Gasteiger partial charge in [0.05, 0.1) is 0 Å². The van der Waals surface area contributed by atoms with Crippen LogP contribution in [0.15, 0.2) is 18.2 Å². The molecular weight excluding hydrogens is 262 g/mol. The minimum Gasteiger partial charge on any atom is -0.454 e. The van der Waals surface area contributed by atoms with Crippen LogP contribution in [-0.2, 0) is 6.54 Å². The Morgan fingerprint density at radius 1 is 1.24 bits per heavy atom. The monoisotopic (exact) mass is 289 g/mol. The summed E-state index contributed by atoms with van der Waals surface area (Å²) < 4.78 is 11.1. The van der Waals surface area contributed by atoms with Crippen LogP contribution in [0.4, 0.5) is 0 Å². The topological polar surface area (TPSA) is 30.5 Å². The van der Waals surface area contributed by atoms with Gasteiger partial charge in [-0.3, -0.25) is 0 Å². The fourth-order valence-corrected chi connectivity index (χ4v) is 3.81. The van der Waals surface area contributed by atoms with Gasteiger partial charge in [0.25, 0.3) is 0 Å². The number of ether oxygens (including phenoxy) is 2. The molecule has 116 valence electrons. The van der Waals surface area contributed by atoms with Crippen LogP contribution in [0.2, 0.25) is 0 Å². The fraction of sp³-hybridized carbons (Fsp3) is 0.667. The molecule has 1 aromatic carbocycles. The molecule has 0 bridgehead atoms. The van der Waals surface area contributed by atoms with Crippen molar-refractivity contribution in [1.29, 1.82) is 0 Å². The third kappa shape index (κ3) is 3.18. The van der Waals surface area contributed by atoms with Crippen molar-refractivity contribution in [2.24, 2.45) is 17.8 Å². The number of hydrogen-bond acceptors (Lipinski definition) is 3. The Balaban J connectivity index is 1.67. The van der Waals surface area contributed by atoms with Crippen LogP contribution in [0.5, 0.6) is 11.5 Å². The van der Waals surface area contributed by atoms with E-state index in [0.29, 0.717) is 12.8 Å². The fourth-order valence-electron chi connectivity index (χ4n) is 3.81. The first-order valence-electron chi connectivity index (χ1n) is 8.26. The maximum Gasteiger partial charge on any atom is 0.231 e. The molecule has 3 atom stereocenters. The van der Waals surface area contributed by atoms with E-state index in [2.05, 4.69) is 32.2 Å². The normalized spacial score (nSPS) is 28.1. The van der Waals surface area contributed by atoms with E-state index in [1.807, 2.05) is 12.1 Å². The van der Waals surface area contributed by atoms with Crippen LogP contribution in [-0.4, -0.2) is 12.8 Å². The summed E-state index contributed by atoms with van der Waals surface area (Å²) in [6, 6.07) is 6.78. The van der Waals surface area contributed by atoms with E-state index < -0.39 is 0 Å². The molecule has 0 amide bonds. The van der Waals surface area contributed by atoms with Crippen molar-refractivity contribution in [3.8, 4) is 11.5 Å². The van der Waals surface area contributed by atoms with E-state index in [1.165, 1.54) is 24.8 Å². The predicted octanol–water partition coefficient (Wildman–Crippen LogP) is 3.97. The zero-order valence-corrected chi connectivity index (χ0v) is 13.4. The second kappa shape index (κ2) is 6.27. The summed E-state index contributed by atoms with van der Waals surface area (Å²) in [5.74, 6) is 4.17. The minimum absolute atomic E-state index is 0.349. The van der Waals surface area contributed by atoms with E-state index in [-0.39, 0.29) is 0 Å². The van der Waals surface area contributed by atoms with Crippen molar-refractivity contribution in [3.05, 3.63) is 23.8 Å². The van der Waals surface area contributed by atoms with Gasteiger partial charge in [0.15, 0.2) is 11.5 Å². The predicted molar refractivity (Wildman–Crippen MR) is 84.5 cm³/mol. The third-order valence-electron chi connectivity index (χ3n) is 5.06. The zero-order valence-electron chi connectivity index (χ0n) is 13.4. The highest BCUT2D eigenvalue weighted by Gasteiger charge is 2.30. The molecule has 0 radical (unpaired) electrons. The SMILES string of the molecule is CC1CCC(C(C)C)C(NCc2cccc3c2OCO3)C1. The van der Waals surface area contributed by atoms with Gasteiger partial charge in [-0.1, -0.05) is 39.3 Å². The van der Waals surface area contributed by atoms with Gasteiger partial charge >= 0.3 is 0 Å². The van der Waals surface area contributed by atoms with E-state index in [0.717, 1.165) is 35.8 Å². The molecule has 0 saturated heterocycles. The van der Waals surface area contributed by atoms with Gasteiger partial charge in [-0.2, -0.15) is 0 Å². The van der Waals surface area contributed by atoms with Crippen molar-refractivity contribution in [2.45, 2.75) is 52.6 Å². The molecule has 1 aliphatic carbocycles. The lowest BCUT2D eigenvalue weighted by Crippen LogP contribution is -2.42. The summed E-state index contributed by atoms with van der Waals surface area (Å²) in [6.45, 7) is 8.30. The van der Waals surface area contributed by atoms with Crippen LogP contribution in [0.3, 0.4) is 0 Å². The Bertz CT molecular complexity index is 486. The van der Waals surface area contributed by atoms with Gasteiger partial charge < -0.3 is 14.8 Å². The molecular formula is C18H27NO2. The Hall–Kier alpha value is -1.22. The van der Waals surface area contributed by atoms with Crippen LogP contribution in [0.25, 0.3) is 0 Å². The standard InChI is InChI=1S/C18H27NO2/c1-12(2)15-8-7-13(3)9-16(15)19-10-14-5-4-6-17-18(14)21-11-20-17/h4-6,12-13,15-16,19H,7-11H2,1-3H3. The van der Waals surface area contributed by atoms with Crippen LogP contribution < -0.4 is 14.8 Å². The van der Waals surface area contributed by atoms with Crippen LogP contribution >= 0.6 is 0 Å². The molecule has 1 saturated carbocycles. The van der Waals surface area contributed by atoms with Gasteiger partial charge in [-0.25, -0.2) is 0 Å². The Morgan fingerprint density at radius 3 is 2.90 bits per heavy atom. The number of fused-ring (bicyclic) bond motifs is 1. The van der Waals surface area contributed by atoms with Gasteiger partial charge in [0, 0.05) is 18.2 Å². The molecule has 1 N–H and O–H groups in total. The average Bonchev–Trinajstić information content (AvgIpc) is 2.93. The Morgan fingerprint density at radius 2 is 2.10 bits per heavy atom. The van der Waals surface area contributed by atoms with E-state index in [9.17, 15) is 0 Å². The zero-order chi connectivity index (χ0) is 14.8. The molecule has 3 heteroatoms. The molecule has 0 aromatic heterocycles. The summed E-state index contributed by atoms with van der Waals surface area (Å²) in [7, 11) is 0. The largest absolute Gasteiger partial charge is 0.454 e. The van der Waals surface area contributed by atoms with Crippen molar-refractivity contribution in [3.63, 3.8) is 0 Å². The van der Waals surface area contributed by atoms with Crippen molar-refractivity contribution in [1.82, 2.24) is 5.32 Å². The number of para-hydroxylation sites is 1. The second-order valence-corrected chi connectivity index (χ2v) is 6.96. The number of rotatable bonds is 4. The lowest BCUT2D eigenvalue weighted by Gasteiger charge is -2.38. The molecule has 2 aliphatic rings. The van der Waals surface area contributed by atoms with E-state index in [1.54, 1.807) is 0 Å². The lowest BCUT2D eigenvalue weighted by atomic mass is 9.74. The Labute approximate surface area is 128 Å². The van der Waals surface area contributed by atoms with E-state index >= 15 is 0 Å². The summed E-state index contributed by atoms with van der Waals surface area (Å²) in [5.41, 5.74) is 1.21. The van der Waals surface area contributed by atoms with Crippen molar-refractivity contribution >= 4 is 0 Å². The first kappa shape index (κ1) is 14.7. The summed E-state index contributed by atoms with van der Waals surface area (Å²) >= 11 is 0. The van der Waals surface area contributed by atoms with Gasteiger partial charge in [0.2, 0.25) is 6.79 Å². The molecule has 3 nitrogen and oxygen atoms in total. The lowest BCUT2D eigenvalue weighted by molar-refractivity contribution is 0.166. The third-order valence-corrected chi connectivity index (χ3v) is 5.06. The first-order valence-corrected chi connectivity index (χ1v) is 8.26. The maximum atomic E-state index is 5.60. The smallest absolute Gasteiger partial charge is 0.231 e. The highest BCUT2D eigenvalue weighted by atomic mass is 16.7. The van der Waals surface area contributed by atoms with Crippen molar-refractivity contribution < 1.29 is 9.47 Å². The van der Waals surface area contributed by atoms with Gasteiger partial charge in [-0.05, 0) is 36.7 Å². The second-order valence-electron chi connectivity index (χ2n) is 6.96. The van der Waals surface area contributed by atoms with Crippen LogP contribution in [0, 0.1) is 17.8 Å². The molecule has 1 fully saturated rings. The summed E-state index contributed by atoms with van der Waals surface area (Å²) in [6.07, 6.45) is 4.01. The summed E-state index contributed by atoms with van der Waals surface area (Å²) in [4.78, 5) is 0. The van der Waals surface area contributed by atoms with Gasteiger partial charge in [0.1, 0.15) is 0 Å². The molecule has 1 heterocycles. The summed E-state index contributed by atoms with van der Waals surface area (Å²) in [5, 5.41) is 3.79. The Kier molecular flexibility index (Phi) is 4.39.